The monoisotopic (exact) mass is 426 g/mol. The molecule has 0 saturated carbocycles. The first kappa shape index (κ1) is 20.8. The Hall–Kier alpha value is -3.49. The second kappa shape index (κ2) is 8.33. The van der Waals surface area contributed by atoms with Crippen molar-refractivity contribution in [1.82, 2.24) is 9.88 Å². The molecule has 2 aromatic rings. The van der Waals surface area contributed by atoms with Crippen molar-refractivity contribution in [3.63, 3.8) is 0 Å². The van der Waals surface area contributed by atoms with Gasteiger partial charge in [-0.1, -0.05) is 0 Å². The van der Waals surface area contributed by atoms with E-state index in [4.69, 9.17) is 4.74 Å². The Labute approximate surface area is 179 Å². The van der Waals surface area contributed by atoms with Gasteiger partial charge in [-0.05, 0) is 30.3 Å². The number of nitrogens with zero attached hydrogens (tertiary/aromatic N) is 4. The van der Waals surface area contributed by atoms with E-state index in [-0.39, 0.29) is 18.2 Å². The third-order valence-electron chi connectivity index (χ3n) is 5.69. The lowest BCUT2D eigenvalue weighted by atomic mass is 10.1. The number of ether oxygens (including phenoxy) is 1. The van der Waals surface area contributed by atoms with E-state index in [9.17, 15) is 18.8 Å². The number of rotatable bonds is 4. The molecule has 2 aliphatic heterocycles. The van der Waals surface area contributed by atoms with E-state index in [1.807, 2.05) is 11.0 Å². The SMILES string of the molecule is CC(=O)N(C)C1CN(c2ccc(-c3ccc(N4CCC(=O)CC4)nc3)c(F)c2)C(=O)O1. The van der Waals surface area contributed by atoms with Gasteiger partial charge in [0, 0.05) is 57.2 Å². The summed E-state index contributed by atoms with van der Waals surface area (Å²) in [7, 11) is 1.55. The molecule has 1 aromatic heterocycles. The summed E-state index contributed by atoms with van der Waals surface area (Å²) in [6.07, 6.45) is 1.29. The van der Waals surface area contributed by atoms with E-state index >= 15 is 0 Å². The molecule has 0 N–H and O–H groups in total. The zero-order chi connectivity index (χ0) is 22.1. The quantitative estimate of drug-likeness (QED) is 0.748. The van der Waals surface area contributed by atoms with Crippen LogP contribution in [-0.4, -0.2) is 60.6 Å². The summed E-state index contributed by atoms with van der Waals surface area (Å²) in [5, 5.41) is 0. The fourth-order valence-corrected chi connectivity index (χ4v) is 3.69. The van der Waals surface area contributed by atoms with Crippen LogP contribution in [0.4, 0.5) is 20.7 Å². The molecule has 0 spiro atoms. The number of hydrogen-bond donors (Lipinski definition) is 0. The average Bonchev–Trinajstić information content (AvgIpc) is 3.15. The summed E-state index contributed by atoms with van der Waals surface area (Å²) in [4.78, 5) is 44.2. The number of aromatic nitrogens is 1. The van der Waals surface area contributed by atoms with Crippen molar-refractivity contribution < 1.29 is 23.5 Å². The number of pyridine rings is 1. The fourth-order valence-electron chi connectivity index (χ4n) is 3.69. The van der Waals surface area contributed by atoms with Crippen LogP contribution in [0.25, 0.3) is 11.1 Å². The van der Waals surface area contributed by atoms with Gasteiger partial charge in [-0.2, -0.15) is 0 Å². The van der Waals surface area contributed by atoms with Crippen LogP contribution >= 0.6 is 0 Å². The van der Waals surface area contributed by atoms with Crippen LogP contribution < -0.4 is 9.80 Å². The number of likely N-dealkylation sites (N-methyl/N-ethyl adjacent to an activating group) is 1. The fraction of sp³-hybridized carbons (Fsp3) is 0.364. The standard InChI is InChI=1S/C22H23FN4O4/c1-14(28)25(2)21-13-27(22(30)31-21)16-4-5-18(19(23)11-16)15-3-6-20(24-12-15)26-9-7-17(29)8-10-26/h3-6,11-12,21H,7-10,13H2,1-2H3. The van der Waals surface area contributed by atoms with Crippen LogP contribution in [0.2, 0.25) is 0 Å². The highest BCUT2D eigenvalue weighted by Gasteiger charge is 2.36. The molecule has 2 saturated heterocycles. The van der Waals surface area contributed by atoms with Crippen molar-refractivity contribution >= 4 is 29.3 Å². The maximum Gasteiger partial charge on any atom is 0.416 e. The second-order valence-electron chi connectivity index (χ2n) is 7.67. The Kier molecular flexibility index (Phi) is 5.58. The smallest absolute Gasteiger partial charge is 0.416 e. The van der Waals surface area contributed by atoms with Crippen LogP contribution in [0.3, 0.4) is 0 Å². The van der Waals surface area contributed by atoms with Crippen molar-refractivity contribution in [3.8, 4) is 11.1 Å². The van der Waals surface area contributed by atoms with Gasteiger partial charge >= 0.3 is 6.09 Å². The number of halogens is 1. The Bertz CT molecular complexity index is 1020. The number of carbonyl (C=O) groups excluding carboxylic acids is 3. The van der Waals surface area contributed by atoms with Gasteiger partial charge in [0.25, 0.3) is 0 Å². The molecule has 1 atom stereocenters. The molecule has 0 aliphatic carbocycles. The first-order valence-electron chi connectivity index (χ1n) is 10.1. The van der Waals surface area contributed by atoms with Gasteiger partial charge < -0.3 is 14.5 Å². The molecule has 4 rings (SSSR count). The minimum Gasteiger partial charge on any atom is -0.423 e. The molecular formula is C22H23FN4O4. The Morgan fingerprint density at radius 3 is 2.55 bits per heavy atom. The van der Waals surface area contributed by atoms with Crippen molar-refractivity contribution in [3.05, 3.63) is 42.3 Å². The summed E-state index contributed by atoms with van der Waals surface area (Å²) in [5.41, 5.74) is 1.33. The number of amides is 2. The molecule has 0 bridgehead atoms. The summed E-state index contributed by atoms with van der Waals surface area (Å²) >= 11 is 0. The highest BCUT2D eigenvalue weighted by Crippen LogP contribution is 2.30. The van der Waals surface area contributed by atoms with Crippen LogP contribution in [0, 0.1) is 5.82 Å². The van der Waals surface area contributed by atoms with Gasteiger partial charge in [0.05, 0.1) is 12.2 Å². The van der Waals surface area contributed by atoms with Crippen LogP contribution in [0.15, 0.2) is 36.5 Å². The van der Waals surface area contributed by atoms with Gasteiger partial charge in [-0.15, -0.1) is 0 Å². The topological polar surface area (TPSA) is 83.1 Å². The molecule has 0 radical (unpaired) electrons. The number of Topliss-reactive ketones (excluding diaryl/α,β-unsaturated/α-hetero) is 1. The first-order chi connectivity index (χ1) is 14.8. The zero-order valence-corrected chi connectivity index (χ0v) is 17.4. The lowest BCUT2D eigenvalue weighted by molar-refractivity contribution is -0.134. The molecule has 9 heteroatoms. The third kappa shape index (κ3) is 4.21. The van der Waals surface area contributed by atoms with Crippen molar-refractivity contribution in [2.24, 2.45) is 0 Å². The summed E-state index contributed by atoms with van der Waals surface area (Å²) < 4.78 is 20.1. The predicted octanol–water partition coefficient (Wildman–Crippen LogP) is 2.82. The highest BCUT2D eigenvalue weighted by molar-refractivity contribution is 5.90. The summed E-state index contributed by atoms with van der Waals surface area (Å²) in [6, 6.07) is 8.12. The molecule has 1 aromatic carbocycles. The van der Waals surface area contributed by atoms with Crippen LogP contribution in [0.1, 0.15) is 19.8 Å². The normalized spacial score (nSPS) is 18.9. The lowest BCUT2D eigenvalue weighted by Gasteiger charge is -2.27. The Balaban J connectivity index is 1.49. The van der Waals surface area contributed by atoms with Gasteiger partial charge in [0.1, 0.15) is 17.4 Å². The largest absolute Gasteiger partial charge is 0.423 e. The van der Waals surface area contributed by atoms with Crippen LogP contribution in [-0.2, 0) is 14.3 Å². The first-order valence-corrected chi connectivity index (χ1v) is 10.1. The average molecular weight is 426 g/mol. The minimum atomic E-state index is -0.713. The zero-order valence-electron chi connectivity index (χ0n) is 17.4. The Morgan fingerprint density at radius 2 is 1.94 bits per heavy atom. The van der Waals surface area contributed by atoms with E-state index in [1.165, 1.54) is 22.8 Å². The number of hydrogen-bond acceptors (Lipinski definition) is 6. The number of carbonyl (C=O) groups is 3. The van der Waals surface area contributed by atoms with E-state index in [1.54, 1.807) is 31.4 Å². The van der Waals surface area contributed by atoms with Crippen molar-refractivity contribution in [2.75, 3.05) is 36.5 Å². The van der Waals surface area contributed by atoms with Gasteiger partial charge in [0.15, 0.2) is 6.23 Å². The summed E-state index contributed by atoms with van der Waals surface area (Å²) in [5.74, 6) is 0.296. The molecule has 1 unspecified atom stereocenters. The molecule has 162 valence electrons. The predicted molar refractivity (Wildman–Crippen MR) is 112 cm³/mol. The van der Waals surface area contributed by atoms with E-state index in [0.29, 0.717) is 42.7 Å². The summed E-state index contributed by atoms with van der Waals surface area (Å²) in [6.45, 7) is 2.79. The molecule has 3 heterocycles. The van der Waals surface area contributed by atoms with E-state index in [0.717, 1.165) is 5.82 Å². The number of piperidine rings is 1. The molecule has 8 nitrogen and oxygen atoms in total. The molecule has 2 aliphatic rings. The van der Waals surface area contributed by atoms with Crippen molar-refractivity contribution in [2.45, 2.75) is 26.0 Å². The Morgan fingerprint density at radius 1 is 1.19 bits per heavy atom. The molecular weight excluding hydrogens is 403 g/mol. The highest BCUT2D eigenvalue weighted by atomic mass is 19.1. The minimum absolute atomic E-state index is 0.127. The third-order valence-corrected chi connectivity index (χ3v) is 5.69. The number of ketones is 1. The number of anilines is 2. The number of cyclic esters (lactones) is 1. The van der Waals surface area contributed by atoms with Crippen molar-refractivity contribution in [1.29, 1.82) is 0 Å². The van der Waals surface area contributed by atoms with Gasteiger partial charge in [0.2, 0.25) is 5.91 Å². The molecule has 2 fully saturated rings. The van der Waals surface area contributed by atoms with Gasteiger partial charge in [-0.3, -0.25) is 14.5 Å². The maximum absolute atomic E-state index is 14.9. The van der Waals surface area contributed by atoms with E-state index in [2.05, 4.69) is 4.98 Å². The van der Waals surface area contributed by atoms with Gasteiger partial charge in [-0.25, -0.2) is 14.2 Å². The molecule has 31 heavy (non-hydrogen) atoms. The maximum atomic E-state index is 14.9. The lowest BCUT2D eigenvalue weighted by Crippen LogP contribution is -2.38. The number of benzene rings is 1. The van der Waals surface area contributed by atoms with E-state index < -0.39 is 18.1 Å². The second-order valence-corrected chi connectivity index (χ2v) is 7.67. The van der Waals surface area contributed by atoms with Crippen LogP contribution in [0.5, 0.6) is 0 Å². The molecule has 2 amide bonds.